The Balaban J connectivity index is 1.56. The number of esters is 1. The molecule has 0 unspecified atom stereocenters. The fraction of sp³-hybridized carbons (Fsp3) is 0.0476. The monoisotopic (exact) mass is 384 g/mol. The Morgan fingerprint density at radius 2 is 1.30 bits per heavy atom. The van der Waals surface area contributed by atoms with Gasteiger partial charge in [-0.15, -0.1) is 0 Å². The molecule has 0 aliphatic heterocycles. The predicted molar refractivity (Wildman–Crippen MR) is 98.9 cm³/mol. The summed E-state index contributed by atoms with van der Waals surface area (Å²) in [5, 5.41) is 0.570. The molecule has 27 heavy (non-hydrogen) atoms. The van der Waals surface area contributed by atoms with E-state index >= 15 is 0 Å². The van der Waals surface area contributed by atoms with Crippen LogP contribution in [0.4, 0.5) is 4.39 Å². The van der Waals surface area contributed by atoms with Gasteiger partial charge in [0.15, 0.2) is 12.4 Å². The predicted octanol–water partition coefficient (Wildman–Crippen LogP) is 4.69. The van der Waals surface area contributed by atoms with Crippen molar-refractivity contribution in [3.63, 3.8) is 0 Å². The Kier molecular flexibility index (Phi) is 5.84. The molecule has 3 rings (SSSR count). The van der Waals surface area contributed by atoms with Crippen LogP contribution in [0.5, 0.6) is 11.5 Å². The normalized spacial score (nSPS) is 10.3. The molecule has 0 spiro atoms. The van der Waals surface area contributed by atoms with Crippen molar-refractivity contribution in [2.75, 3.05) is 6.61 Å². The maximum Gasteiger partial charge on any atom is 0.349 e. The number of carbonyl (C=O) groups excluding carboxylic acids is 2. The summed E-state index contributed by atoms with van der Waals surface area (Å²) < 4.78 is 23.4. The second-order valence-corrected chi connectivity index (χ2v) is 6.01. The van der Waals surface area contributed by atoms with Crippen LogP contribution in [0.1, 0.15) is 15.9 Å². The molecule has 0 aliphatic rings. The van der Waals surface area contributed by atoms with Gasteiger partial charge in [-0.1, -0.05) is 11.6 Å². The largest absolute Gasteiger partial charge is 0.482 e. The number of halogens is 2. The molecule has 3 aromatic carbocycles. The number of hydrogen-bond donors (Lipinski definition) is 0. The zero-order valence-electron chi connectivity index (χ0n) is 14.0. The first-order valence-electron chi connectivity index (χ1n) is 8.00. The summed E-state index contributed by atoms with van der Waals surface area (Å²) in [5.74, 6) is -0.455. The zero-order valence-corrected chi connectivity index (χ0v) is 14.8. The lowest BCUT2D eigenvalue weighted by molar-refractivity contribution is -0.136. The molecular formula is C21H14ClFO4. The summed E-state index contributed by atoms with van der Waals surface area (Å²) in [6, 6.07) is 18.0. The first-order valence-corrected chi connectivity index (χ1v) is 8.38. The Morgan fingerprint density at radius 3 is 1.89 bits per heavy atom. The molecule has 0 atom stereocenters. The van der Waals surface area contributed by atoms with E-state index in [2.05, 4.69) is 0 Å². The van der Waals surface area contributed by atoms with Crippen LogP contribution < -0.4 is 9.47 Å². The van der Waals surface area contributed by atoms with Crippen molar-refractivity contribution in [1.29, 1.82) is 0 Å². The number of carbonyl (C=O) groups is 2. The lowest BCUT2D eigenvalue weighted by Crippen LogP contribution is -2.17. The van der Waals surface area contributed by atoms with E-state index in [0.29, 0.717) is 21.9 Å². The summed E-state index contributed by atoms with van der Waals surface area (Å²) in [5.41, 5.74) is 0.774. The molecule has 0 amide bonds. The highest BCUT2D eigenvalue weighted by Crippen LogP contribution is 2.17. The number of ketones is 1. The molecular weight excluding hydrogens is 371 g/mol. The zero-order chi connectivity index (χ0) is 19.2. The van der Waals surface area contributed by atoms with Crippen LogP contribution in [0.2, 0.25) is 5.02 Å². The third-order valence-corrected chi connectivity index (χ3v) is 3.88. The van der Waals surface area contributed by atoms with Crippen molar-refractivity contribution in [3.05, 3.63) is 94.8 Å². The Labute approximate surface area is 160 Å². The van der Waals surface area contributed by atoms with Gasteiger partial charge >= 0.3 is 5.97 Å². The highest BCUT2D eigenvalue weighted by atomic mass is 35.5. The van der Waals surface area contributed by atoms with E-state index < -0.39 is 11.8 Å². The van der Waals surface area contributed by atoms with Crippen molar-refractivity contribution < 1.29 is 23.5 Å². The number of ether oxygens (including phenoxy) is 2. The van der Waals surface area contributed by atoms with Crippen molar-refractivity contribution in [1.82, 2.24) is 0 Å². The van der Waals surface area contributed by atoms with Gasteiger partial charge in [-0.25, -0.2) is 9.18 Å². The minimum absolute atomic E-state index is 0.251. The van der Waals surface area contributed by atoms with Crippen LogP contribution in [0.15, 0.2) is 72.8 Å². The maximum atomic E-state index is 12.9. The molecule has 0 fully saturated rings. The number of hydrogen-bond acceptors (Lipinski definition) is 4. The molecule has 0 saturated heterocycles. The van der Waals surface area contributed by atoms with E-state index in [-0.39, 0.29) is 18.1 Å². The fourth-order valence-corrected chi connectivity index (χ4v) is 2.40. The average molecular weight is 385 g/mol. The first-order chi connectivity index (χ1) is 13.0. The average Bonchev–Trinajstić information content (AvgIpc) is 2.68. The summed E-state index contributed by atoms with van der Waals surface area (Å²) in [4.78, 5) is 24.2. The van der Waals surface area contributed by atoms with E-state index in [0.717, 1.165) is 0 Å². The lowest BCUT2D eigenvalue weighted by atomic mass is 10.0. The van der Waals surface area contributed by atoms with Gasteiger partial charge in [0.2, 0.25) is 0 Å². The van der Waals surface area contributed by atoms with Gasteiger partial charge in [-0.05, 0) is 72.8 Å². The van der Waals surface area contributed by atoms with Crippen LogP contribution in [0.25, 0.3) is 0 Å². The van der Waals surface area contributed by atoms with Gasteiger partial charge in [0.05, 0.1) is 0 Å². The molecule has 0 radical (unpaired) electrons. The van der Waals surface area contributed by atoms with Crippen molar-refractivity contribution >= 4 is 23.4 Å². The summed E-state index contributed by atoms with van der Waals surface area (Å²) >= 11 is 5.77. The number of rotatable bonds is 6. The second-order valence-electron chi connectivity index (χ2n) is 5.58. The van der Waals surface area contributed by atoms with Crippen molar-refractivity contribution in [3.8, 4) is 11.5 Å². The summed E-state index contributed by atoms with van der Waals surface area (Å²) in [7, 11) is 0. The molecule has 0 bridgehead atoms. The molecule has 0 saturated carbocycles. The van der Waals surface area contributed by atoms with Gasteiger partial charge in [-0.2, -0.15) is 0 Å². The quantitative estimate of drug-likeness (QED) is 0.351. The Morgan fingerprint density at radius 1 is 0.778 bits per heavy atom. The van der Waals surface area contributed by atoms with Gasteiger partial charge in [0, 0.05) is 16.1 Å². The van der Waals surface area contributed by atoms with E-state index in [1.165, 1.54) is 48.5 Å². The molecule has 0 aromatic heterocycles. The van der Waals surface area contributed by atoms with Gasteiger partial charge in [0.25, 0.3) is 0 Å². The van der Waals surface area contributed by atoms with E-state index in [1.807, 2.05) is 0 Å². The Bertz CT molecular complexity index is 935. The highest BCUT2D eigenvalue weighted by Gasteiger charge is 2.11. The first kappa shape index (κ1) is 18.6. The van der Waals surface area contributed by atoms with E-state index in [4.69, 9.17) is 21.1 Å². The van der Waals surface area contributed by atoms with Gasteiger partial charge in [-0.3, -0.25) is 4.79 Å². The van der Waals surface area contributed by atoms with Gasteiger partial charge < -0.3 is 9.47 Å². The van der Waals surface area contributed by atoms with Crippen LogP contribution in [0.3, 0.4) is 0 Å². The molecule has 4 nitrogen and oxygen atoms in total. The Hall–Kier alpha value is -3.18. The van der Waals surface area contributed by atoms with Crippen LogP contribution in [-0.4, -0.2) is 18.4 Å². The third kappa shape index (κ3) is 5.15. The standard InChI is InChI=1S/C21H14ClFO4/c22-16-5-11-18(12-6-16)26-13-20(24)27-19-9-3-15(4-10-19)21(25)14-1-7-17(23)8-2-14/h1-12H,13H2. The highest BCUT2D eigenvalue weighted by molar-refractivity contribution is 6.30. The van der Waals surface area contributed by atoms with Crippen molar-refractivity contribution in [2.45, 2.75) is 0 Å². The van der Waals surface area contributed by atoms with Crippen molar-refractivity contribution in [2.24, 2.45) is 0 Å². The topological polar surface area (TPSA) is 52.6 Å². The summed E-state index contributed by atoms with van der Waals surface area (Å²) in [6.07, 6.45) is 0. The SMILES string of the molecule is O=C(COc1ccc(Cl)cc1)Oc1ccc(C(=O)c2ccc(F)cc2)cc1. The lowest BCUT2D eigenvalue weighted by Gasteiger charge is -2.07. The van der Waals surface area contributed by atoms with Crippen LogP contribution in [0, 0.1) is 5.82 Å². The molecule has 0 N–H and O–H groups in total. The third-order valence-electron chi connectivity index (χ3n) is 3.62. The number of benzene rings is 3. The molecule has 6 heteroatoms. The maximum absolute atomic E-state index is 12.9. The summed E-state index contributed by atoms with van der Waals surface area (Å²) in [6.45, 7) is -0.266. The van der Waals surface area contributed by atoms with Gasteiger partial charge in [0.1, 0.15) is 17.3 Å². The molecule has 0 heterocycles. The minimum Gasteiger partial charge on any atom is -0.482 e. The van der Waals surface area contributed by atoms with E-state index in [1.54, 1.807) is 24.3 Å². The minimum atomic E-state index is -0.581. The smallest absolute Gasteiger partial charge is 0.349 e. The van der Waals surface area contributed by atoms with E-state index in [9.17, 15) is 14.0 Å². The van der Waals surface area contributed by atoms with Crippen LogP contribution in [-0.2, 0) is 4.79 Å². The second kappa shape index (κ2) is 8.47. The molecule has 136 valence electrons. The fourth-order valence-electron chi connectivity index (χ4n) is 2.28. The molecule has 0 aliphatic carbocycles. The van der Waals surface area contributed by atoms with Crippen LogP contribution >= 0.6 is 11.6 Å². The molecule has 3 aromatic rings.